The molecule has 7 nitrogen and oxygen atoms in total. The van der Waals surface area contributed by atoms with E-state index in [2.05, 4.69) is 25.6 Å². The van der Waals surface area contributed by atoms with Gasteiger partial charge in [-0.15, -0.1) is 5.10 Å². The van der Waals surface area contributed by atoms with Crippen LogP contribution in [0.5, 0.6) is 0 Å². The van der Waals surface area contributed by atoms with E-state index in [0.717, 1.165) is 6.07 Å². The fourth-order valence-electron chi connectivity index (χ4n) is 2.90. The van der Waals surface area contributed by atoms with Crippen molar-refractivity contribution in [3.05, 3.63) is 88.7 Å². The highest BCUT2D eigenvalue weighted by Gasteiger charge is 2.34. The number of halogens is 5. The molecular formula is C21H13ClF4N6OS. The molecule has 1 N–H and O–H groups in total. The van der Waals surface area contributed by atoms with Crippen LogP contribution in [0.25, 0.3) is 5.69 Å². The normalized spacial score (nSPS) is 11.4. The molecule has 34 heavy (non-hydrogen) atoms. The molecule has 0 aliphatic rings. The number of hydrogen-bond donors (Lipinski definition) is 1. The van der Waals surface area contributed by atoms with Gasteiger partial charge in [0.25, 0.3) is 5.91 Å². The minimum absolute atomic E-state index is 0.128. The van der Waals surface area contributed by atoms with E-state index in [0.29, 0.717) is 33.7 Å². The zero-order chi connectivity index (χ0) is 24.3. The first-order chi connectivity index (χ1) is 16.2. The number of amides is 1. The Labute approximate surface area is 199 Å². The van der Waals surface area contributed by atoms with Gasteiger partial charge in [-0.25, -0.2) is 19.0 Å². The Morgan fingerprint density at radius 3 is 2.47 bits per heavy atom. The molecule has 0 bridgehead atoms. The molecule has 0 saturated heterocycles. The van der Waals surface area contributed by atoms with Gasteiger partial charge in [0, 0.05) is 28.9 Å². The summed E-state index contributed by atoms with van der Waals surface area (Å²) in [5, 5.41) is 11.2. The second-order valence-electron chi connectivity index (χ2n) is 6.74. The van der Waals surface area contributed by atoms with Crippen molar-refractivity contribution in [2.75, 3.05) is 5.32 Å². The minimum Gasteiger partial charge on any atom is -0.321 e. The van der Waals surface area contributed by atoms with Gasteiger partial charge in [0.15, 0.2) is 10.9 Å². The van der Waals surface area contributed by atoms with E-state index in [1.54, 1.807) is 42.7 Å². The van der Waals surface area contributed by atoms with Gasteiger partial charge in [0.05, 0.1) is 16.9 Å². The van der Waals surface area contributed by atoms with E-state index in [1.807, 2.05) is 0 Å². The number of nitrogens with one attached hydrogen (secondary N) is 1. The number of aromatic nitrogens is 5. The number of rotatable bonds is 6. The third-order valence-corrected chi connectivity index (χ3v) is 5.60. The zero-order valence-corrected chi connectivity index (χ0v) is 18.5. The highest BCUT2D eigenvalue weighted by molar-refractivity contribution is 7.98. The molecule has 0 radical (unpaired) electrons. The Balaban J connectivity index is 1.66. The number of benzene rings is 2. The Kier molecular flexibility index (Phi) is 6.80. The number of alkyl halides is 3. The van der Waals surface area contributed by atoms with E-state index >= 15 is 0 Å². The largest absolute Gasteiger partial charge is 0.419 e. The number of carbonyl (C=O) groups is 1. The van der Waals surface area contributed by atoms with E-state index in [1.165, 1.54) is 16.4 Å². The molecule has 2 heterocycles. The smallest absolute Gasteiger partial charge is 0.321 e. The summed E-state index contributed by atoms with van der Waals surface area (Å²) in [7, 11) is 0. The van der Waals surface area contributed by atoms with Crippen molar-refractivity contribution in [1.29, 1.82) is 0 Å². The van der Waals surface area contributed by atoms with Crippen LogP contribution in [0.4, 0.5) is 23.2 Å². The van der Waals surface area contributed by atoms with Crippen LogP contribution >= 0.6 is 23.4 Å². The summed E-state index contributed by atoms with van der Waals surface area (Å²) in [5.74, 6) is -2.09. The lowest BCUT2D eigenvalue weighted by Crippen LogP contribution is -2.16. The van der Waals surface area contributed by atoms with Gasteiger partial charge < -0.3 is 5.32 Å². The van der Waals surface area contributed by atoms with Gasteiger partial charge in [0.1, 0.15) is 5.82 Å². The van der Waals surface area contributed by atoms with Crippen molar-refractivity contribution < 1.29 is 22.4 Å². The molecule has 0 fully saturated rings. The maximum absolute atomic E-state index is 13.6. The molecule has 0 aliphatic heterocycles. The minimum atomic E-state index is -4.92. The highest BCUT2D eigenvalue weighted by atomic mass is 35.5. The molecule has 1 amide bonds. The fourth-order valence-corrected chi connectivity index (χ4v) is 3.82. The predicted octanol–water partition coefficient (Wildman–Crippen LogP) is 5.41. The Morgan fingerprint density at radius 2 is 1.79 bits per heavy atom. The number of hydrogen-bond acceptors (Lipinski definition) is 6. The lowest BCUT2D eigenvalue weighted by Gasteiger charge is -2.11. The van der Waals surface area contributed by atoms with Gasteiger partial charge in [-0.3, -0.25) is 4.79 Å². The van der Waals surface area contributed by atoms with Crippen LogP contribution < -0.4 is 5.32 Å². The Bertz CT molecular complexity index is 1320. The second kappa shape index (κ2) is 9.77. The van der Waals surface area contributed by atoms with Crippen LogP contribution in [0, 0.1) is 5.82 Å². The summed E-state index contributed by atoms with van der Waals surface area (Å²) < 4.78 is 54.1. The van der Waals surface area contributed by atoms with E-state index in [-0.39, 0.29) is 17.1 Å². The molecule has 174 valence electrons. The first-order valence-corrected chi connectivity index (χ1v) is 10.9. The van der Waals surface area contributed by atoms with Crippen LogP contribution in [-0.4, -0.2) is 30.9 Å². The van der Waals surface area contributed by atoms with Gasteiger partial charge in [0.2, 0.25) is 0 Å². The van der Waals surface area contributed by atoms with Crippen molar-refractivity contribution >= 4 is 35.0 Å². The van der Waals surface area contributed by atoms with Gasteiger partial charge in [-0.1, -0.05) is 28.6 Å². The predicted molar refractivity (Wildman–Crippen MR) is 117 cm³/mol. The van der Waals surface area contributed by atoms with E-state index < -0.39 is 23.5 Å². The zero-order valence-electron chi connectivity index (χ0n) is 16.9. The van der Waals surface area contributed by atoms with Gasteiger partial charge >= 0.3 is 6.18 Å². The van der Waals surface area contributed by atoms with Crippen LogP contribution in [0.3, 0.4) is 0 Å². The Morgan fingerprint density at radius 1 is 1.09 bits per heavy atom. The van der Waals surface area contributed by atoms with Crippen LogP contribution in [0.15, 0.2) is 66.1 Å². The summed E-state index contributed by atoms with van der Waals surface area (Å²) in [6.45, 7) is 0. The topological polar surface area (TPSA) is 85.6 Å². The second-order valence-corrected chi connectivity index (χ2v) is 8.12. The van der Waals surface area contributed by atoms with Crippen molar-refractivity contribution in [3.63, 3.8) is 0 Å². The van der Waals surface area contributed by atoms with Crippen molar-refractivity contribution in [3.8, 4) is 5.69 Å². The van der Waals surface area contributed by atoms with Gasteiger partial charge in [-0.2, -0.15) is 13.2 Å². The lowest BCUT2D eigenvalue weighted by atomic mass is 10.1. The molecule has 0 saturated carbocycles. The molecule has 4 aromatic rings. The molecule has 0 atom stereocenters. The lowest BCUT2D eigenvalue weighted by molar-refractivity contribution is -0.139. The number of anilines is 1. The van der Waals surface area contributed by atoms with Crippen LogP contribution in [-0.2, 0) is 11.9 Å². The molecule has 0 aliphatic carbocycles. The highest BCUT2D eigenvalue weighted by Crippen LogP contribution is 2.33. The quantitative estimate of drug-likeness (QED) is 0.213. The molecule has 2 aromatic carbocycles. The van der Waals surface area contributed by atoms with Crippen molar-refractivity contribution in [2.45, 2.75) is 17.1 Å². The molecule has 4 rings (SSSR count). The molecule has 2 aromatic heterocycles. The van der Waals surface area contributed by atoms with Gasteiger partial charge in [-0.05, 0) is 48.5 Å². The van der Waals surface area contributed by atoms with Crippen LogP contribution in [0.2, 0.25) is 5.02 Å². The average Bonchev–Trinajstić information content (AvgIpc) is 3.23. The number of nitrogens with zero attached hydrogens (tertiary/aromatic N) is 5. The summed E-state index contributed by atoms with van der Waals surface area (Å²) in [6.07, 6.45) is -1.80. The van der Waals surface area contributed by atoms with Crippen LogP contribution in [0.1, 0.15) is 21.7 Å². The summed E-state index contributed by atoms with van der Waals surface area (Å²) >= 11 is 7.15. The molecule has 0 unspecified atom stereocenters. The maximum Gasteiger partial charge on any atom is 0.419 e. The Hall–Kier alpha value is -3.51. The summed E-state index contributed by atoms with van der Waals surface area (Å²) in [4.78, 5) is 21.2. The third-order valence-electron chi connectivity index (χ3n) is 4.46. The third kappa shape index (κ3) is 5.34. The molecule has 13 heteroatoms. The average molecular weight is 509 g/mol. The standard InChI is InChI=1S/C21H13ClF4N6OS/c22-12-2-5-14(6-3-12)32-17(11-34-20-27-8-1-9-28-20)18(30-31-32)19(33)29-13-4-7-16(23)15(10-13)21(24,25)26/h1-10H,11H2,(H,29,33). The van der Waals surface area contributed by atoms with Crippen molar-refractivity contribution in [2.24, 2.45) is 0 Å². The SMILES string of the molecule is O=C(Nc1ccc(F)c(C(F)(F)F)c1)c1nnn(-c2ccc(Cl)cc2)c1CSc1ncccn1. The first kappa shape index (κ1) is 23.6. The molecular weight excluding hydrogens is 496 g/mol. The maximum atomic E-state index is 13.6. The molecule has 0 spiro atoms. The van der Waals surface area contributed by atoms with Crippen molar-refractivity contribution in [1.82, 2.24) is 25.0 Å². The van der Waals surface area contributed by atoms with E-state index in [4.69, 9.17) is 11.6 Å². The number of thioether (sulfide) groups is 1. The van der Waals surface area contributed by atoms with E-state index in [9.17, 15) is 22.4 Å². The summed E-state index contributed by atoms with van der Waals surface area (Å²) in [5.41, 5.74) is -0.967. The fraction of sp³-hybridized carbons (Fsp3) is 0.0952. The number of carbonyl (C=O) groups excluding carboxylic acids is 1. The monoisotopic (exact) mass is 508 g/mol. The first-order valence-electron chi connectivity index (χ1n) is 9.51. The summed E-state index contributed by atoms with van der Waals surface area (Å²) in [6, 6.07) is 10.4.